The van der Waals surface area contributed by atoms with Crippen LogP contribution in [-0.2, 0) is 17.6 Å². The van der Waals surface area contributed by atoms with E-state index in [0.717, 1.165) is 42.9 Å². The molecule has 2 aromatic rings. The Morgan fingerprint density at radius 1 is 1.36 bits per heavy atom. The smallest absolute Gasteiger partial charge is 0.343 e. The molecule has 0 saturated carbocycles. The van der Waals surface area contributed by atoms with Crippen LogP contribution in [0.25, 0.3) is 0 Å². The van der Waals surface area contributed by atoms with Crippen molar-refractivity contribution in [3.05, 3.63) is 49.7 Å². The van der Waals surface area contributed by atoms with E-state index in [1.54, 1.807) is 11.3 Å². The molecule has 25 heavy (non-hydrogen) atoms. The molecule has 3 heterocycles. The van der Waals surface area contributed by atoms with E-state index < -0.39 is 5.63 Å². The van der Waals surface area contributed by atoms with Crippen LogP contribution < -0.4 is 5.63 Å². The predicted molar refractivity (Wildman–Crippen MR) is 99.7 cm³/mol. The summed E-state index contributed by atoms with van der Waals surface area (Å²) in [4.78, 5) is 13.6. The molecule has 0 aromatic carbocycles. The van der Waals surface area contributed by atoms with E-state index in [1.165, 1.54) is 0 Å². The maximum atomic E-state index is 12.6. The topological polar surface area (TPSA) is 59.7 Å². The number of hydrogen-bond acceptors (Lipinski definition) is 5. The summed E-state index contributed by atoms with van der Waals surface area (Å²) in [5.41, 5.74) is 0.762. The summed E-state index contributed by atoms with van der Waals surface area (Å²) in [6.45, 7) is 5.71. The Bertz CT molecular complexity index is 742. The largest absolute Gasteiger partial charge is 0.507 e. The lowest BCUT2D eigenvalue weighted by Crippen LogP contribution is -2.16. The van der Waals surface area contributed by atoms with E-state index in [-0.39, 0.29) is 11.7 Å². The minimum Gasteiger partial charge on any atom is -0.507 e. The van der Waals surface area contributed by atoms with E-state index in [9.17, 15) is 9.90 Å². The summed E-state index contributed by atoms with van der Waals surface area (Å²) in [7, 11) is 0. The van der Waals surface area contributed by atoms with Crippen LogP contribution in [0, 0.1) is 5.92 Å². The van der Waals surface area contributed by atoms with Gasteiger partial charge in [0.05, 0.1) is 5.56 Å². The molecule has 2 aromatic heterocycles. The van der Waals surface area contributed by atoms with Crippen LogP contribution in [0.2, 0.25) is 0 Å². The molecular formula is C20H26O4S. The fourth-order valence-electron chi connectivity index (χ4n) is 3.66. The molecule has 2 atom stereocenters. The van der Waals surface area contributed by atoms with Gasteiger partial charge in [0.15, 0.2) is 0 Å². The van der Waals surface area contributed by atoms with Gasteiger partial charge in [-0.25, -0.2) is 4.79 Å². The van der Waals surface area contributed by atoms with Crippen molar-refractivity contribution in [1.29, 1.82) is 0 Å². The third kappa shape index (κ3) is 3.98. The average Bonchev–Trinajstić information content (AvgIpc) is 3.30. The van der Waals surface area contributed by atoms with Gasteiger partial charge < -0.3 is 14.3 Å². The lowest BCUT2D eigenvalue weighted by atomic mass is 9.87. The van der Waals surface area contributed by atoms with Crippen LogP contribution in [0.5, 0.6) is 5.75 Å². The normalized spacial score (nSPS) is 18.6. The third-order valence-corrected chi connectivity index (χ3v) is 5.98. The first-order valence-electron chi connectivity index (χ1n) is 9.11. The summed E-state index contributed by atoms with van der Waals surface area (Å²) in [5, 5.41) is 12.7. The number of rotatable bonds is 7. The van der Waals surface area contributed by atoms with Crippen LogP contribution in [0.3, 0.4) is 0 Å². The zero-order valence-electron chi connectivity index (χ0n) is 14.9. The van der Waals surface area contributed by atoms with Crippen molar-refractivity contribution in [2.75, 3.05) is 13.2 Å². The molecular weight excluding hydrogens is 336 g/mol. The van der Waals surface area contributed by atoms with Gasteiger partial charge in [0.2, 0.25) is 0 Å². The molecule has 0 amide bonds. The summed E-state index contributed by atoms with van der Waals surface area (Å²) >= 11 is 1.58. The lowest BCUT2D eigenvalue weighted by Gasteiger charge is -2.21. The minimum atomic E-state index is -0.403. The zero-order chi connectivity index (χ0) is 17.8. The highest BCUT2D eigenvalue weighted by Crippen LogP contribution is 2.36. The summed E-state index contributed by atoms with van der Waals surface area (Å²) in [6.07, 6.45) is 3.96. The van der Waals surface area contributed by atoms with Crippen molar-refractivity contribution in [2.45, 2.75) is 51.9 Å². The monoisotopic (exact) mass is 362 g/mol. The quantitative estimate of drug-likeness (QED) is 0.789. The number of aromatic hydroxyl groups is 1. The Labute approximate surface area is 152 Å². The second-order valence-electron chi connectivity index (χ2n) is 6.74. The summed E-state index contributed by atoms with van der Waals surface area (Å²) in [6, 6.07) is 3.92. The van der Waals surface area contributed by atoms with E-state index in [2.05, 4.69) is 6.92 Å². The highest BCUT2D eigenvalue weighted by atomic mass is 32.1. The molecule has 3 rings (SSSR count). The first-order chi connectivity index (χ1) is 12.1. The van der Waals surface area contributed by atoms with Gasteiger partial charge in [-0.1, -0.05) is 19.9 Å². The maximum absolute atomic E-state index is 12.6. The molecule has 0 aliphatic carbocycles. The Balaban J connectivity index is 1.94. The van der Waals surface area contributed by atoms with Gasteiger partial charge in [-0.05, 0) is 43.0 Å². The Morgan fingerprint density at radius 3 is 2.80 bits per heavy atom. The highest BCUT2D eigenvalue weighted by molar-refractivity contribution is 7.09. The Hall–Kier alpha value is -1.59. The van der Waals surface area contributed by atoms with Crippen LogP contribution in [0.1, 0.15) is 60.8 Å². The molecule has 4 nitrogen and oxygen atoms in total. The number of ether oxygens (including phenoxy) is 1. The SMILES string of the molecule is CCc1c(C(CC)CC2CCOC2)oc(=O)c(Cc2cccs2)c1O. The standard InChI is InChI=1S/C20H26O4S/c1-3-14(10-13-7-8-23-12-13)19-16(4-2)18(21)17(20(22)24-19)11-15-6-5-9-25-15/h5-6,9,13-14,21H,3-4,7-8,10-12H2,1-2H3. The second kappa shape index (κ2) is 8.19. The number of thiophene rings is 1. The van der Waals surface area contributed by atoms with Crippen molar-refractivity contribution in [3.8, 4) is 5.75 Å². The van der Waals surface area contributed by atoms with E-state index in [4.69, 9.17) is 9.15 Å². The van der Waals surface area contributed by atoms with Crippen LogP contribution >= 0.6 is 11.3 Å². The molecule has 1 aliphatic rings. The predicted octanol–water partition coefficient (Wildman–Crippen LogP) is 4.48. The van der Waals surface area contributed by atoms with Gasteiger partial charge in [-0.2, -0.15) is 0 Å². The van der Waals surface area contributed by atoms with Crippen LogP contribution in [0.4, 0.5) is 0 Å². The van der Waals surface area contributed by atoms with Crippen molar-refractivity contribution in [1.82, 2.24) is 0 Å². The van der Waals surface area contributed by atoms with Crippen LogP contribution in [0.15, 0.2) is 26.7 Å². The minimum absolute atomic E-state index is 0.128. The molecule has 1 N–H and O–H groups in total. The van der Waals surface area contributed by atoms with E-state index >= 15 is 0 Å². The van der Waals surface area contributed by atoms with Gasteiger partial charge in [-0.3, -0.25) is 0 Å². The molecule has 0 radical (unpaired) electrons. The lowest BCUT2D eigenvalue weighted by molar-refractivity contribution is 0.181. The first-order valence-corrected chi connectivity index (χ1v) is 9.99. The molecule has 2 unspecified atom stereocenters. The number of hydrogen-bond donors (Lipinski definition) is 1. The Kier molecular flexibility index (Phi) is 5.97. The molecule has 136 valence electrons. The molecule has 0 spiro atoms. The summed E-state index contributed by atoms with van der Waals surface area (Å²) in [5.74, 6) is 1.46. The third-order valence-electron chi connectivity index (χ3n) is 5.11. The van der Waals surface area contributed by atoms with E-state index in [1.807, 2.05) is 24.4 Å². The van der Waals surface area contributed by atoms with Crippen molar-refractivity contribution in [2.24, 2.45) is 5.92 Å². The fraction of sp³-hybridized carbons (Fsp3) is 0.550. The molecule has 0 bridgehead atoms. The van der Waals surface area contributed by atoms with Crippen molar-refractivity contribution in [3.63, 3.8) is 0 Å². The molecule has 1 aliphatic heterocycles. The van der Waals surface area contributed by atoms with Crippen molar-refractivity contribution < 1.29 is 14.3 Å². The Morgan fingerprint density at radius 2 is 2.20 bits per heavy atom. The van der Waals surface area contributed by atoms with Gasteiger partial charge >= 0.3 is 5.63 Å². The van der Waals surface area contributed by atoms with Gasteiger partial charge in [0.25, 0.3) is 0 Å². The zero-order valence-corrected chi connectivity index (χ0v) is 15.7. The van der Waals surface area contributed by atoms with Gasteiger partial charge in [0.1, 0.15) is 11.5 Å². The fourth-order valence-corrected chi connectivity index (χ4v) is 4.38. The average molecular weight is 362 g/mol. The van der Waals surface area contributed by atoms with Gasteiger partial charge in [-0.15, -0.1) is 11.3 Å². The summed E-state index contributed by atoms with van der Waals surface area (Å²) < 4.78 is 11.3. The van der Waals surface area contributed by atoms with E-state index in [0.29, 0.717) is 30.1 Å². The molecule has 1 saturated heterocycles. The van der Waals surface area contributed by atoms with Crippen LogP contribution in [-0.4, -0.2) is 18.3 Å². The molecule has 1 fully saturated rings. The highest BCUT2D eigenvalue weighted by Gasteiger charge is 2.27. The second-order valence-corrected chi connectivity index (χ2v) is 7.77. The van der Waals surface area contributed by atoms with Crippen molar-refractivity contribution >= 4 is 11.3 Å². The van der Waals surface area contributed by atoms with Gasteiger partial charge in [0, 0.05) is 36.0 Å². The maximum Gasteiger partial charge on any atom is 0.343 e. The molecule has 5 heteroatoms. The first kappa shape index (κ1) is 18.2.